The number of methoxy groups -OCH3 is 1. The van der Waals surface area contributed by atoms with Crippen molar-refractivity contribution < 1.29 is 18.8 Å². The second kappa shape index (κ2) is 10.4. The summed E-state index contributed by atoms with van der Waals surface area (Å²) in [4.78, 5) is 20.5. The molecular weight excluding hydrogens is 445 g/mol. The predicted octanol–water partition coefficient (Wildman–Crippen LogP) is 5.72. The zero-order valence-electron chi connectivity index (χ0n) is 18.0. The van der Waals surface area contributed by atoms with Crippen molar-refractivity contribution in [3.8, 4) is 5.75 Å². The number of amides is 2. The number of rotatable bonds is 7. The first-order valence-corrected chi connectivity index (χ1v) is 10.8. The van der Waals surface area contributed by atoms with Gasteiger partial charge in [-0.05, 0) is 47.5 Å². The Morgan fingerprint density at radius 1 is 1.18 bits per heavy atom. The standard InChI is InChI=1S/C25H23ClFN3O3/c1-32-24-8-3-2-7-22(24)28-25(31)30(15-17-5-4-6-19(26)13-17)16-21-14-23(29-33-21)18-9-11-20(27)12-10-18/h2-13,21H,14-16H2,1H3,(H,28,31). The van der Waals surface area contributed by atoms with E-state index in [0.29, 0.717) is 41.7 Å². The molecule has 0 bridgehead atoms. The van der Waals surface area contributed by atoms with Crippen LogP contribution in [0.4, 0.5) is 14.9 Å². The zero-order valence-corrected chi connectivity index (χ0v) is 18.8. The molecule has 0 saturated heterocycles. The number of oxime groups is 1. The monoisotopic (exact) mass is 467 g/mol. The van der Waals surface area contributed by atoms with Crippen LogP contribution < -0.4 is 10.1 Å². The molecule has 1 aliphatic heterocycles. The Morgan fingerprint density at radius 3 is 2.73 bits per heavy atom. The number of anilines is 1. The molecular formula is C25H23ClFN3O3. The summed E-state index contributed by atoms with van der Waals surface area (Å²) in [6, 6.07) is 20.4. The van der Waals surface area contributed by atoms with Crippen molar-refractivity contribution in [1.82, 2.24) is 4.90 Å². The SMILES string of the molecule is COc1ccccc1NC(=O)N(Cc1cccc(Cl)c1)CC1CC(c2ccc(F)cc2)=NO1. The van der Waals surface area contributed by atoms with Gasteiger partial charge < -0.3 is 19.8 Å². The molecule has 0 spiro atoms. The lowest BCUT2D eigenvalue weighted by molar-refractivity contribution is 0.0608. The number of carbonyl (C=O) groups is 1. The van der Waals surface area contributed by atoms with Crippen LogP contribution in [0.2, 0.25) is 5.02 Å². The van der Waals surface area contributed by atoms with Gasteiger partial charge in [0.1, 0.15) is 11.6 Å². The number of hydrogen-bond acceptors (Lipinski definition) is 4. The van der Waals surface area contributed by atoms with Crippen molar-refractivity contribution in [2.75, 3.05) is 19.0 Å². The number of nitrogens with zero attached hydrogens (tertiary/aromatic N) is 2. The lowest BCUT2D eigenvalue weighted by Crippen LogP contribution is -2.40. The number of benzene rings is 3. The van der Waals surface area contributed by atoms with E-state index < -0.39 is 0 Å². The normalized spacial score (nSPS) is 14.9. The fourth-order valence-electron chi connectivity index (χ4n) is 3.60. The number of urea groups is 1. The van der Waals surface area contributed by atoms with Gasteiger partial charge in [-0.25, -0.2) is 9.18 Å². The molecule has 8 heteroatoms. The highest BCUT2D eigenvalue weighted by Gasteiger charge is 2.27. The molecule has 2 amide bonds. The Kier molecular flexibility index (Phi) is 7.10. The second-order valence-electron chi connectivity index (χ2n) is 7.62. The van der Waals surface area contributed by atoms with Gasteiger partial charge in [-0.2, -0.15) is 0 Å². The Morgan fingerprint density at radius 2 is 1.97 bits per heavy atom. The summed E-state index contributed by atoms with van der Waals surface area (Å²) >= 11 is 6.14. The molecule has 0 fully saturated rings. The molecule has 1 heterocycles. The van der Waals surface area contributed by atoms with Gasteiger partial charge in [0, 0.05) is 18.0 Å². The minimum absolute atomic E-state index is 0.293. The summed E-state index contributed by atoms with van der Waals surface area (Å²) in [5, 5.41) is 7.66. The summed E-state index contributed by atoms with van der Waals surface area (Å²) in [7, 11) is 1.55. The molecule has 0 radical (unpaired) electrons. The van der Waals surface area contributed by atoms with Gasteiger partial charge >= 0.3 is 6.03 Å². The van der Waals surface area contributed by atoms with Crippen LogP contribution in [0.5, 0.6) is 5.75 Å². The average Bonchev–Trinajstić information content (AvgIpc) is 3.28. The molecule has 0 saturated carbocycles. The molecule has 0 aliphatic carbocycles. The van der Waals surface area contributed by atoms with Gasteiger partial charge in [-0.15, -0.1) is 0 Å². The second-order valence-corrected chi connectivity index (χ2v) is 8.05. The molecule has 1 atom stereocenters. The molecule has 0 aromatic heterocycles. The van der Waals surface area contributed by atoms with Crippen molar-refractivity contribution in [3.63, 3.8) is 0 Å². The minimum atomic E-state index is -0.340. The topological polar surface area (TPSA) is 63.2 Å². The Labute approximate surface area is 196 Å². The maximum Gasteiger partial charge on any atom is 0.322 e. The van der Waals surface area contributed by atoms with E-state index >= 15 is 0 Å². The average molecular weight is 468 g/mol. The number of halogens is 2. The van der Waals surface area contributed by atoms with E-state index in [1.54, 1.807) is 42.3 Å². The number of ether oxygens (including phenoxy) is 1. The van der Waals surface area contributed by atoms with Gasteiger partial charge in [-0.1, -0.05) is 53.2 Å². The number of carbonyl (C=O) groups excluding carboxylic acids is 1. The van der Waals surface area contributed by atoms with E-state index in [4.69, 9.17) is 21.2 Å². The molecule has 4 rings (SSSR count). The third-order valence-electron chi connectivity index (χ3n) is 5.23. The van der Waals surface area contributed by atoms with Crippen LogP contribution >= 0.6 is 11.6 Å². The lowest BCUT2D eigenvalue weighted by Gasteiger charge is -2.25. The quantitative estimate of drug-likeness (QED) is 0.483. The third kappa shape index (κ3) is 5.81. The molecule has 6 nitrogen and oxygen atoms in total. The Bertz CT molecular complexity index is 1150. The Hall–Kier alpha value is -3.58. The number of hydrogen-bond donors (Lipinski definition) is 1. The Balaban J connectivity index is 1.49. The minimum Gasteiger partial charge on any atom is -0.495 e. The maximum absolute atomic E-state index is 13.2. The number of para-hydroxylation sites is 2. The first-order valence-electron chi connectivity index (χ1n) is 10.4. The van der Waals surface area contributed by atoms with E-state index in [2.05, 4.69) is 10.5 Å². The number of nitrogens with one attached hydrogen (secondary N) is 1. The van der Waals surface area contributed by atoms with E-state index in [1.807, 2.05) is 30.3 Å². The van der Waals surface area contributed by atoms with Gasteiger partial charge in [0.2, 0.25) is 0 Å². The van der Waals surface area contributed by atoms with Crippen LogP contribution in [0.1, 0.15) is 17.5 Å². The highest BCUT2D eigenvalue weighted by atomic mass is 35.5. The van der Waals surface area contributed by atoms with Crippen LogP contribution in [0.3, 0.4) is 0 Å². The lowest BCUT2D eigenvalue weighted by atomic mass is 10.0. The maximum atomic E-state index is 13.2. The van der Waals surface area contributed by atoms with E-state index in [-0.39, 0.29) is 18.0 Å². The van der Waals surface area contributed by atoms with Crippen molar-refractivity contribution in [2.45, 2.75) is 19.1 Å². The molecule has 1 unspecified atom stereocenters. The van der Waals surface area contributed by atoms with Gasteiger partial charge in [-0.3, -0.25) is 0 Å². The van der Waals surface area contributed by atoms with Gasteiger partial charge in [0.05, 0.1) is 25.1 Å². The fourth-order valence-corrected chi connectivity index (χ4v) is 3.81. The van der Waals surface area contributed by atoms with Crippen molar-refractivity contribution in [1.29, 1.82) is 0 Å². The third-order valence-corrected chi connectivity index (χ3v) is 5.47. The van der Waals surface area contributed by atoms with Gasteiger partial charge in [0.15, 0.2) is 6.10 Å². The molecule has 3 aromatic carbocycles. The highest BCUT2D eigenvalue weighted by molar-refractivity contribution is 6.30. The van der Waals surface area contributed by atoms with Crippen molar-refractivity contribution >= 4 is 29.0 Å². The fraction of sp³-hybridized carbons (Fsp3) is 0.200. The zero-order chi connectivity index (χ0) is 23.2. The van der Waals surface area contributed by atoms with Crippen LogP contribution in [0.15, 0.2) is 78.0 Å². The first-order chi connectivity index (χ1) is 16.0. The van der Waals surface area contributed by atoms with E-state index in [1.165, 1.54) is 12.1 Å². The van der Waals surface area contributed by atoms with Crippen LogP contribution in [-0.2, 0) is 11.4 Å². The summed E-state index contributed by atoms with van der Waals surface area (Å²) < 4.78 is 18.6. The van der Waals surface area contributed by atoms with Crippen LogP contribution in [-0.4, -0.2) is 36.4 Å². The van der Waals surface area contributed by atoms with Crippen molar-refractivity contribution in [3.05, 3.63) is 94.8 Å². The van der Waals surface area contributed by atoms with Crippen LogP contribution in [0, 0.1) is 5.82 Å². The van der Waals surface area contributed by atoms with Crippen molar-refractivity contribution in [2.24, 2.45) is 5.16 Å². The highest BCUT2D eigenvalue weighted by Crippen LogP contribution is 2.25. The largest absolute Gasteiger partial charge is 0.495 e. The van der Waals surface area contributed by atoms with E-state index in [0.717, 1.165) is 11.1 Å². The molecule has 3 aromatic rings. The van der Waals surface area contributed by atoms with E-state index in [9.17, 15) is 9.18 Å². The smallest absolute Gasteiger partial charge is 0.322 e. The molecule has 1 N–H and O–H groups in total. The van der Waals surface area contributed by atoms with Gasteiger partial charge in [0.25, 0.3) is 0 Å². The molecule has 1 aliphatic rings. The summed E-state index contributed by atoms with van der Waals surface area (Å²) in [5.74, 6) is 0.253. The molecule has 170 valence electrons. The summed E-state index contributed by atoms with van der Waals surface area (Å²) in [6.07, 6.45) is 0.159. The van der Waals surface area contributed by atoms with Crippen LogP contribution in [0.25, 0.3) is 0 Å². The summed E-state index contributed by atoms with van der Waals surface area (Å²) in [6.45, 7) is 0.620. The molecule has 33 heavy (non-hydrogen) atoms. The first kappa shape index (κ1) is 22.6. The predicted molar refractivity (Wildman–Crippen MR) is 126 cm³/mol. The summed E-state index contributed by atoms with van der Waals surface area (Å²) in [5.41, 5.74) is 2.96.